The van der Waals surface area contributed by atoms with E-state index in [0.29, 0.717) is 0 Å². The van der Waals surface area contributed by atoms with E-state index in [0.717, 1.165) is 11.2 Å². The van der Waals surface area contributed by atoms with E-state index >= 15 is 0 Å². The summed E-state index contributed by atoms with van der Waals surface area (Å²) in [5.41, 5.74) is 14.7. The third-order valence-electron chi connectivity index (χ3n) is 10.7. The van der Waals surface area contributed by atoms with Gasteiger partial charge in [-0.1, -0.05) is 140 Å². The predicted molar refractivity (Wildman–Crippen MR) is 190 cm³/mol. The molecule has 0 unspecified atom stereocenters. The fraction of sp³-hybridized carbons (Fsp3) is 0.0222. The molecule has 0 atom stereocenters. The van der Waals surface area contributed by atoms with Crippen LogP contribution in [-0.2, 0) is 5.41 Å². The SMILES string of the molecule is c1ccc2c(c1)-c1ccccc1C21c2ccccc2-c2ccc(-c3ccc4c(ccc5oc6ccccc6c54)c3)c3cccc1c23. The minimum Gasteiger partial charge on any atom is -0.456 e. The number of hydrogen-bond donors (Lipinski definition) is 0. The summed E-state index contributed by atoms with van der Waals surface area (Å²) in [5.74, 6) is 0. The first-order valence-corrected chi connectivity index (χ1v) is 16.0. The van der Waals surface area contributed by atoms with Gasteiger partial charge in [0.15, 0.2) is 0 Å². The average Bonchev–Trinajstić information content (AvgIpc) is 3.65. The number of fused-ring (bicyclic) bond motifs is 14. The molecule has 46 heavy (non-hydrogen) atoms. The molecule has 0 fully saturated rings. The Labute approximate surface area is 266 Å². The van der Waals surface area contributed by atoms with Crippen molar-refractivity contribution in [3.8, 4) is 33.4 Å². The Morgan fingerprint density at radius 3 is 1.72 bits per heavy atom. The summed E-state index contributed by atoms with van der Waals surface area (Å²) in [6, 6.07) is 58.4. The second-order valence-corrected chi connectivity index (χ2v) is 12.7. The molecule has 0 amide bonds. The van der Waals surface area contributed by atoms with Crippen molar-refractivity contribution in [2.75, 3.05) is 0 Å². The largest absolute Gasteiger partial charge is 0.456 e. The lowest BCUT2D eigenvalue weighted by molar-refractivity contribution is 0.669. The van der Waals surface area contributed by atoms with Crippen molar-refractivity contribution < 1.29 is 4.42 Å². The third kappa shape index (κ3) is 2.87. The average molecular weight is 583 g/mol. The van der Waals surface area contributed by atoms with Gasteiger partial charge in [0.2, 0.25) is 0 Å². The second-order valence-electron chi connectivity index (χ2n) is 12.7. The number of benzene rings is 8. The topological polar surface area (TPSA) is 13.1 Å². The van der Waals surface area contributed by atoms with Crippen LogP contribution in [0.5, 0.6) is 0 Å². The summed E-state index contributed by atoms with van der Waals surface area (Å²) in [5, 5.41) is 7.44. The van der Waals surface area contributed by atoms with Gasteiger partial charge in [-0.05, 0) is 95.4 Å². The molecule has 0 saturated carbocycles. The van der Waals surface area contributed by atoms with E-state index in [1.165, 1.54) is 88.0 Å². The van der Waals surface area contributed by atoms with Gasteiger partial charge in [-0.15, -0.1) is 0 Å². The van der Waals surface area contributed by atoms with Crippen molar-refractivity contribution in [2.45, 2.75) is 5.41 Å². The molecule has 0 radical (unpaired) electrons. The van der Waals surface area contributed by atoms with E-state index in [2.05, 4.69) is 152 Å². The van der Waals surface area contributed by atoms with E-state index in [4.69, 9.17) is 4.42 Å². The zero-order valence-electron chi connectivity index (χ0n) is 24.9. The minimum absolute atomic E-state index is 0.383. The number of hydrogen-bond acceptors (Lipinski definition) is 1. The van der Waals surface area contributed by atoms with E-state index in [9.17, 15) is 0 Å². The molecule has 1 aromatic heterocycles. The van der Waals surface area contributed by atoms with Crippen molar-refractivity contribution in [3.63, 3.8) is 0 Å². The van der Waals surface area contributed by atoms with Crippen molar-refractivity contribution >= 4 is 43.5 Å². The van der Waals surface area contributed by atoms with Crippen LogP contribution in [0.3, 0.4) is 0 Å². The molecule has 212 valence electrons. The fourth-order valence-corrected chi connectivity index (χ4v) is 8.92. The summed E-state index contributed by atoms with van der Waals surface area (Å²) in [6.07, 6.45) is 0. The highest BCUT2D eigenvalue weighted by atomic mass is 16.3. The summed E-state index contributed by atoms with van der Waals surface area (Å²) in [7, 11) is 0. The van der Waals surface area contributed by atoms with Gasteiger partial charge >= 0.3 is 0 Å². The lowest BCUT2D eigenvalue weighted by Crippen LogP contribution is -2.31. The van der Waals surface area contributed by atoms with Crippen LogP contribution in [0.2, 0.25) is 0 Å². The molecule has 1 spiro atoms. The summed E-state index contributed by atoms with van der Waals surface area (Å²) in [6.45, 7) is 0. The summed E-state index contributed by atoms with van der Waals surface area (Å²) >= 11 is 0. The molecule has 2 aliphatic rings. The Bertz CT molecular complexity index is 2710. The van der Waals surface area contributed by atoms with Crippen molar-refractivity contribution in [3.05, 3.63) is 180 Å². The zero-order chi connectivity index (χ0) is 30.0. The number of furan rings is 1. The summed E-state index contributed by atoms with van der Waals surface area (Å²) in [4.78, 5) is 0. The van der Waals surface area contributed by atoms with Crippen LogP contribution < -0.4 is 0 Å². The highest BCUT2D eigenvalue weighted by molar-refractivity contribution is 6.19. The maximum Gasteiger partial charge on any atom is 0.136 e. The predicted octanol–water partition coefficient (Wildman–Crippen LogP) is 11.9. The second kappa shape index (κ2) is 8.62. The van der Waals surface area contributed by atoms with Crippen LogP contribution in [0, 0.1) is 0 Å². The van der Waals surface area contributed by atoms with Gasteiger partial charge in [-0.25, -0.2) is 0 Å². The minimum atomic E-state index is -0.383. The first-order chi connectivity index (χ1) is 22.8. The molecule has 1 nitrogen and oxygen atoms in total. The van der Waals surface area contributed by atoms with E-state index in [1.807, 2.05) is 6.07 Å². The van der Waals surface area contributed by atoms with Crippen molar-refractivity contribution in [1.82, 2.24) is 0 Å². The Kier molecular flexibility index (Phi) is 4.57. The van der Waals surface area contributed by atoms with Gasteiger partial charge in [-0.3, -0.25) is 0 Å². The molecule has 11 rings (SSSR count). The van der Waals surface area contributed by atoms with Gasteiger partial charge in [0.05, 0.1) is 5.41 Å². The Morgan fingerprint density at radius 1 is 0.348 bits per heavy atom. The summed E-state index contributed by atoms with van der Waals surface area (Å²) < 4.78 is 6.20. The normalized spacial score (nSPS) is 13.8. The molecule has 9 aromatic rings. The molecule has 0 aliphatic heterocycles. The first-order valence-electron chi connectivity index (χ1n) is 16.0. The Morgan fingerprint density at radius 2 is 0.957 bits per heavy atom. The van der Waals surface area contributed by atoms with Crippen LogP contribution >= 0.6 is 0 Å². The van der Waals surface area contributed by atoms with Crippen LogP contribution in [-0.4, -0.2) is 0 Å². The molecule has 2 aliphatic carbocycles. The lowest BCUT2D eigenvalue weighted by Gasteiger charge is -2.40. The van der Waals surface area contributed by atoms with Crippen LogP contribution in [0.1, 0.15) is 22.3 Å². The zero-order valence-corrected chi connectivity index (χ0v) is 24.9. The molecular weight excluding hydrogens is 556 g/mol. The lowest BCUT2D eigenvalue weighted by atomic mass is 9.61. The van der Waals surface area contributed by atoms with Crippen LogP contribution in [0.4, 0.5) is 0 Å². The molecule has 0 saturated heterocycles. The van der Waals surface area contributed by atoms with Gasteiger partial charge < -0.3 is 4.42 Å². The van der Waals surface area contributed by atoms with Crippen molar-refractivity contribution in [1.29, 1.82) is 0 Å². The van der Waals surface area contributed by atoms with E-state index in [-0.39, 0.29) is 5.41 Å². The fourth-order valence-electron chi connectivity index (χ4n) is 8.92. The molecular formula is C45H26O. The smallest absolute Gasteiger partial charge is 0.136 e. The quantitative estimate of drug-likeness (QED) is 0.188. The highest BCUT2D eigenvalue weighted by Crippen LogP contribution is 2.62. The van der Waals surface area contributed by atoms with Crippen molar-refractivity contribution in [2.24, 2.45) is 0 Å². The van der Waals surface area contributed by atoms with Crippen LogP contribution in [0.25, 0.3) is 76.9 Å². The van der Waals surface area contributed by atoms with Gasteiger partial charge in [0.1, 0.15) is 11.2 Å². The van der Waals surface area contributed by atoms with Gasteiger partial charge in [0, 0.05) is 10.8 Å². The first kappa shape index (κ1) is 24.4. The molecule has 8 aromatic carbocycles. The monoisotopic (exact) mass is 582 g/mol. The third-order valence-corrected chi connectivity index (χ3v) is 10.7. The molecule has 0 bridgehead atoms. The highest BCUT2D eigenvalue weighted by Gasteiger charge is 2.49. The van der Waals surface area contributed by atoms with E-state index in [1.54, 1.807) is 0 Å². The molecule has 1 heteroatoms. The maximum atomic E-state index is 6.20. The van der Waals surface area contributed by atoms with E-state index < -0.39 is 0 Å². The molecule has 1 heterocycles. The maximum absolute atomic E-state index is 6.20. The Hall–Kier alpha value is -5.92. The molecule has 0 N–H and O–H groups in total. The Balaban J connectivity index is 1.22. The standard InChI is InChI=1S/C45H26O/c1-5-15-37-31(10-1)32-11-2-6-16-38(32)45(37)39-17-7-3-12-33(39)35-24-23-29(34-14-9-18-40(45)43(34)35)27-20-22-30-28(26-27)21-25-42-44(30)36-13-4-8-19-41(36)46-42/h1-26H. The number of rotatable bonds is 1. The number of para-hydroxylation sites is 1. The van der Waals surface area contributed by atoms with Gasteiger partial charge in [-0.2, -0.15) is 0 Å². The van der Waals surface area contributed by atoms with Crippen LogP contribution in [0.15, 0.2) is 162 Å². The van der Waals surface area contributed by atoms with Gasteiger partial charge in [0.25, 0.3) is 0 Å².